The molecule has 2 N–H and O–H groups in total. The molecular formula is C14H21NO4. The fourth-order valence-electron chi connectivity index (χ4n) is 1.66. The van der Waals surface area contributed by atoms with E-state index in [0.29, 0.717) is 18.7 Å². The highest BCUT2D eigenvalue weighted by molar-refractivity contribution is 5.72. The molecule has 19 heavy (non-hydrogen) atoms. The second-order valence-electron chi connectivity index (χ2n) is 4.11. The summed E-state index contributed by atoms with van der Waals surface area (Å²) in [4.78, 5) is 11.0. The third-order valence-electron chi connectivity index (χ3n) is 2.75. The van der Waals surface area contributed by atoms with Crippen LogP contribution in [0.25, 0.3) is 0 Å². The molecule has 5 heteroatoms. The van der Waals surface area contributed by atoms with E-state index in [4.69, 9.17) is 14.6 Å². The molecule has 0 amide bonds. The van der Waals surface area contributed by atoms with Crippen molar-refractivity contribution in [3.63, 3.8) is 0 Å². The lowest BCUT2D eigenvalue weighted by atomic mass is 10.1. The lowest BCUT2D eigenvalue weighted by Gasteiger charge is -2.17. The van der Waals surface area contributed by atoms with Crippen molar-refractivity contribution < 1.29 is 19.4 Å². The molecule has 0 heterocycles. The first-order valence-corrected chi connectivity index (χ1v) is 6.39. The Bertz CT molecular complexity index is 420. The SMILES string of the molecule is CCNCc1cc(OC)ccc1OC(CC)C(=O)O. The van der Waals surface area contributed by atoms with Crippen molar-refractivity contribution in [3.8, 4) is 11.5 Å². The summed E-state index contributed by atoms with van der Waals surface area (Å²) < 4.78 is 10.7. The van der Waals surface area contributed by atoms with Crippen LogP contribution < -0.4 is 14.8 Å². The number of hydrogen-bond donors (Lipinski definition) is 2. The lowest BCUT2D eigenvalue weighted by molar-refractivity contribution is -0.145. The molecule has 0 bridgehead atoms. The Morgan fingerprint density at radius 2 is 2.16 bits per heavy atom. The van der Waals surface area contributed by atoms with Crippen LogP contribution in [0.3, 0.4) is 0 Å². The predicted molar refractivity (Wildman–Crippen MR) is 72.7 cm³/mol. The summed E-state index contributed by atoms with van der Waals surface area (Å²) >= 11 is 0. The molecule has 106 valence electrons. The molecule has 5 nitrogen and oxygen atoms in total. The highest BCUT2D eigenvalue weighted by Gasteiger charge is 2.18. The van der Waals surface area contributed by atoms with Gasteiger partial charge in [0.1, 0.15) is 11.5 Å². The number of rotatable bonds is 8. The summed E-state index contributed by atoms with van der Waals surface area (Å²) in [5, 5.41) is 12.2. The highest BCUT2D eigenvalue weighted by atomic mass is 16.5. The quantitative estimate of drug-likeness (QED) is 0.754. The van der Waals surface area contributed by atoms with E-state index in [0.717, 1.165) is 17.9 Å². The van der Waals surface area contributed by atoms with Crippen LogP contribution >= 0.6 is 0 Å². The minimum atomic E-state index is -0.951. The summed E-state index contributed by atoms with van der Waals surface area (Å²) in [6.45, 7) is 5.23. The van der Waals surface area contributed by atoms with Crippen molar-refractivity contribution in [3.05, 3.63) is 23.8 Å². The Kier molecular flexibility index (Phi) is 6.15. The van der Waals surface area contributed by atoms with Gasteiger partial charge in [0, 0.05) is 12.1 Å². The highest BCUT2D eigenvalue weighted by Crippen LogP contribution is 2.25. The van der Waals surface area contributed by atoms with E-state index in [2.05, 4.69) is 5.32 Å². The average molecular weight is 267 g/mol. The largest absolute Gasteiger partial charge is 0.497 e. The summed E-state index contributed by atoms with van der Waals surface area (Å²) in [5.41, 5.74) is 0.890. The van der Waals surface area contributed by atoms with Crippen LogP contribution in [0.15, 0.2) is 18.2 Å². The fraction of sp³-hybridized carbons (Fsp3) is 0.500. The minimum absolute atomic E-state index is 0.419. The number of carbonyl (C=O) groups is 1. The minimum Gasteiger partial charge on any atom is -0.497 e. The predicted octanol–water partition coefficient (Wildman–Crippen LogP) is 2.05. The maximum Gasteiger partial charge on any atom is 0.344 e. The van der Waals surface area contributed by atoms with Crippen LogP contribution in [-0.4, -0.2) is 30.8 Å². The Hall–Kier alpha value is -1.75. The summed E-state index contributed by atoms with van der Waals surface area (Å²) in [5.74, 6) is 0.354. The normalized spacial score (nSPS) is 11.9. The zero-order valence-electron chi connectivity index (χ0n) is 11.6. The van der Waals surface area contributed by atoms with Crippen molar-refractivity contribution in [2.45, 2.75) is 32.9 Å². The Morgan fingerprint density at radius 3 is 2.68 bits per heavy atom. The smallest absolute Gasteiger partial charge is 0.344 e. The Labute approximate surface area is 113 Å². The van der Waals surface area contributed by atoms with Crippen LogP contribution in [-0.2, 0) is 11.3 Å². The average Bonchev–Trinajstić information content (AvgIpc) is 2.42. The molecule has 0 aliphatic heterocycles. The van der Waals surface area contributed by atoms with Crippen molar-refractivity contribution in [1.82, 2.24) is 5.32 Å². The third kappa shape index (κ3) is 4.44. The second-order valence-corrected chi connectivity index (χ2v) is 4.11. The van der Waals surface area contributed by atoms with Crippen molar-refractivity contribution in [1.29, 1.82) is 0 Å². The standard InChI is InChI=1S/C14H21NO4/c1-4-12(14(16)17)19-13-7-6-11(18-3)8-10(13)9-15-5-2/h6-8,12,15H,4-5,9H2,1-3H3,(H,16,17). The van der Waals surface area contributed by atoms with Gasteiger partial charge in [-0.2, -0.15) is 0 Å². The van der Waals surface area contributed by atoms with E-state index in [9.17, 15) is 4.79 Å². The first-order chi connectivity index (χ1) is 9.12. The number of aliphatic carboxylic acids is 1. The van der Waals surface area contributed by atoms with Crippen molar-refractivity contribution >= 4 is 5.97 Å². The molecule has 0 fully saturated rings. The molecule has 0 spiro atoms. The number of carboxylic acid groups (broad SMARTS) is 1. The topological polar surface area (TPSA) is 67.8 Å². The van der Waals surface area contributed by atoms with Gasteiger partial charge in [-0.1, -0.05) is 13.8 Å². The van der Waals surface area contributed by atoms with E-state index >= 15 is 0 Å². The maximum atomic E-state index is 11.0. The van der Waals surface area contributed by atoms with Gasteiger partial charge in [0.2, 0.25) is 0 Å². The van der Waals surface area contributed by atoms with E-state index < -0.39 is 12.1 Å². The van der Waals surface area contributed by atoms with Gasteiger partial charge in [-0.25, -0.2) is 4.79 Å². The number of nitrogens with one attached hydrogen (secondary N) is 1. The van der Waals surface area contributed by atoms with Crippen LogP contribution in [0.5, 0.6) is 11.5 Å². The molecule has 1 unspecified atom stereocenters. The second kappa shape index (κ2) is 7.63. The molecule has 0 aromatic heterocycles. The molecule has 0 saturated carbocycles. The molecule has 1 atom stereocenters. The maximum absolute atomic E-state index is 11.0. The van der Waals surface area contributed by atoms with Gasteiger partial charge in [-0.3, -0.25) is 0 Å². The first-order valence-electron chi connectivity index (χ1n) is 6.39. The number of ether oxygens (including phenoxy) is 2. The number of carboxylic acids is 1. The summed E-state index contributed by atoms with van der Waals surface area (Å²) in [7, 11) is 1.60. The summed E-state index contributed by atoms with van der Waals surface area (Å²) in [6, 6.07) is 5.36. The Balaban J connectivity index is 2.93. The zero-order valence-corrected chi connectivity index (χ0v) is 11.6. The van der Waals surface area contributed by atoms with Gasteiger partial charge in [0.15, 0.2) is 6.10 Å². The van der Waals surface area contributed by atoms with Crippen LogP contribution in [0.1, 0.15) is 25.8 Å². The molecule has 1 rings (SSSR count). The third-order valence-corrected chi connectivity index (χ3v) is 2.75. The van der Waals surface area contributed by atoms with E-state index in [1.54, 1.807) is 26.2 Å². The van der Waals surface area contributed by atoms with Gasteiger partial charge in [-0.15, -0.1) is 0 Å². The zero-order chi connectivity index (χ0) is 14.3. The van der Waals surface area contributed by atoms with Gasteiger partial charge in [0.05, 0.1) is 7.11 Å². The molecule has 0 aliphatic carbocycles. The molecular weight excluding hydrogens is 246 g/mol. The number of methoxy groups -OCH3 is 1. The Morgan fingerprint density at radius 1 is 1.42 bits per heavy atom. The van der Waals surface area contributed by atoms with Crippen LogP contribution in [0.2, 0.25) is 0 Å². The van der Waals surface area contributed by atoms with E-state index in [1.807, 2.05) is 13.0 Å². The van der Waals surface area contributed by atoms with Crippen molar-refractivity contribution in [2.75, 3.05) is 13.7 Å². The van der Waals surface area contributed by atoms with E-state index in [1.165, 1.54) is 0 Å². The van der Waals surface area contributed by atoms with Crippen molar-refractivity contribution in [2.24, 2.45) is 0 Å². The molecule has 1 aromatic rings. The van der Waals surface area contributed by atoms with Crippen LogP contribution in [0.4, 0.5) is 0 Å². The first kappa shape index (κ1) is 15.3. The monoisotopic (exact) mass is 267 g/mol. The number of benzene rings is 1. The molecule has 0 saturated heterocycles. The van der Waals surface area contributed by atoms with Gasteiger partial charge < -0.3 is 19.9 Å². The van der Waals surface area contributed by atoms with Gasteiger partial charge in [-0.05, 0) is 31.2 Å². The van der Waals surface area contributed by atoms with Gasteiger partial charge in [0.25, 0.3) is 0 Å². The van der Waals surface area contributed by atoms with E-state index in [-0.39, 0.29) is 0 Å². The molecule has 0 aliphatic rings. The molecule has 0 radical (unpaired) electrons. The van der Waals surface area contributed by atoms with Gasteiger partial charge >= 0.3 is 5.97 Å². The van der Waals surface area contributed by atoms with Crippen LogP contribution in [0, 0.1) is 0 Å². The fourth-order valence-corrected chi connectivity index (χ4v) is 1.66. The summed E-state index contributed by atoms with van der Waals surface area (Å²) in [6.07, 6.45) is -0.407. The molecule has 1 aromatic carbocycles. The lowest BCUT2D eigenvalue weighted by Crippen LogP contribution is -2.26. The number of hydrogen-bond acceptors (Lipinski definition) is 4.